The monoisotopic (exact) mass is 414 g/mol. The van der Waals surface area contributed by atoms with Gasteiger partial charge in [0.25, 0.3) is 5.91 Å². The molecule has 3 aromatic rings. The number of carbonyl (C=O) groups is 2. The van der Waals surface area contributed by atoms with Crippen molar-refractivity contribution >= 4 is 34.8 Å². The number of esters is 1. The number of rotatable bonds is 7. The maximum Gasteiger partial charge on any atom is 0.307 e. The van der Waals surface area contributed by atoms with Crippen LogP contribution < -0.4 is 0 Å². The van der Waals surface area contributed by atoms with Crippen LogP contribution in [0.5, 0.6) is 0 Å². The summed E-state index contributed by atoms with van der Waals surface area (Å²) in [6, 6.07) is 17.0. The molecule has 0 spiro atoms. The van der Waals surface area contributed by atoms with E-state index in [0.29, 0.717) is 21.5 Å². The Hall–Kier alpha value is -2.70. The predicted octanol–water partition coefficient (Wildman–Crippen LogP) is 4.67. The summed E-state index contributed by atoms with van der Waals surface area (Å²) in [5.41, 5.74) is 1.77. The molecule has 3 rings (SSSR count). The molecule has 1 amide bonds. The van der Waals surface area contributed by atoms with Crippen molar-refractivity contribution in [2.75, 3.05) is 13.7 Å². The molecule has 0 N–H and O–H groups in total. The van der Waals surface area contributed by atoms with Gasteiger partial charge >= 0.3 is 5.97 Å². The predicted molar refractivity (Wildman–Crippen MR) is 110 cm³/mol. The number of hydrogen-bond acceptors (Lipinski definition) is 5. The van der Waals surface area contributed by atoms with Crippen LogP contribution in [0.25, 0.3) is 10.6 Å². The minimum Gasteiger partial charge on any atom is -0.469 e. The molecule has 0 aliphatic rings. The summed E-state index contributed by atoms with van der Waals surface area (Å²) in [7, 11) is 1.34. The number of aromatic nitrogens is 1. The molecular formula is C21H19ClN2O3S. The number of carbonyl (C=O) groups excluding carboxylic acids is 2. The zero-order chi connectivity index (χ0) is 19.9. The van der Waals surface area contributed by atoms with E-state index >= 15 is 0 Å². The Balaban J connectivity index is 1.82. The van der Waals surface area contributed by atoms with Crippen LogP contribution in [0.4, 0.5) is 0 Å². The highest BCUT2D eigenvalue weighted by atomic mass is 35.5. The van der Waals surface area contributed by atoms with Gasteiger partial charge in [-0.3, -0.25) is 9.59 Å². The molecule has 7 heteroatoms. The van der Waals surface area contributed by atoms with E-state index in [1.54, 1.807) is 17.2 Å². The molecule has 0 atom stereocenters. The third-order valence-electron chi connectivity index (χ3n) is 4.14. The molecule has 28 heavy (non-hydrogen) atoms. The molecular weight excluding hydrogens is 396 g/mol. The topological polar surface area (TPSA) is 59.5 Å². The van der Waals surface area contributed by atoms with Crippen molar-refractivity contribution in [3.05, 3.63) is 76.3 Å². The van der Waals surface area contributed by atoms with Crippen LogP contribution in [0.15, 0.2) is 60.8 Å². The van der Waals surface area contributed by atoms with Crippen LogP contribution >= 0.6 is 22.9 Å². The van der Waals surface area contributed by atoms with Crippen molar-refractivity contribution in [2.45, 2.75) is 13.0 Å². The van der Waals surface area contributed by atoms with E-state index in [2.05, 4.69) is 4.98 Å². The molecule has 5 nitrogen and oxygen atoms in total. The second-order valence-electron chi connectivity index (χ2n) is 6.05. The lowest BCUT2D eigenvalue weighted by molar-refractivity contribution is -0.140. The number of thiazole rings is 1. The van der Waals surface area contributed by atoms with Gasteiger partial charge in [-0.25, -0.2) is 4.98 Å². The molecule has 0 aliphatic carbocycles. The van der Waals surface area contributed by atoms with Crippen molar-refractivity contribution in [2.24, 2.45) is 0 Å². The zero-order valence-electron chi connectivity index (χ0n) is 15.3. The third-order valence-corrected chi connectivity index (χ3v) is 5.49. The van der Waals surface area contributed by atoms with Crippen LogP contribution in [0.1, 0.15) is 21.7 Å². The molecule has 2 aromatic carbocycles. The summed E-state index contributed by atoms with van der Waals surface area (Å²) in [6.45, 7) is 0.662. The van der Waals surface area contributed by atoms with Gasteiger partial charge in [-0.2, -0.15) is 0 Å². The average molecular weight is 415 g/mol. The molecule has 1 heterocycles. The molecule has 0 unspecified atom stereocenters. The minimum atomic E-state index is -0.355. The van der Waals surface area contributed by atoms with Gasteiger partial charge in [-0.05, 0) is 11.6 Å². The van der Waals surface area contributed by atoms with Crippen molar-refractivity contribution in [1.29, 1.82) is 0 Å². The van der Waals surface area contributed by atoms with Gasteiger partial charge in [-0.1, -0.05) is 60.1 Å². The summed E-state index contributed by atoms with van der Waals surface area (Å²) < 4.78 is 4.71. The standard InChI is InChI=1S/C21H19ClN2O3S/c1-27-19(25)11-12-24(14-15-7-3-2-4-8-15)21(26)18-13-23-20(28-18)16-9-5-6-10-17(16)22/h2-10,13H,11-12,14H2,1H3. The van der Waals surface area contributed by atoms with E-state index in [9.17, 15) is 9.59 Å². The van der Waals surface area contributed by atoms with Gasteiger partial charge < -0.3 is 9.64 Å². The number of ether oxygens (including phenoxy) is 1. The first-order chi connectivity index (χ1) is 13.6. The summed E-state index contributed by atoms with van der Waals surface area (Å²) in [5.74, 6) is -0.532. The molecule has 0 saturated heterocycles. The van der Waals surface area contributed by atoms with E-state index in [-0.39, 0.29) is 24.8 Å². The van der Waals surface area contributed by atoms with Crippen LogP contribution in [0.3, 0.4) is 0 Å². The fraction of sp³-hybridized carbons (Fsp3) is 0.190. The van der Waals surface area contributed by atoms with Crippen molar-refractivity contribution in [1.82, 2.24) is 9.88 Å². The van der Waals surface area contributed by atoms with Gasteiger partial charge in [0.1, 0.15) is 9.88 Å². The highest BCUT2D eigenvalue weighted by Crippen LogP contribution is 2.31. The van der Waals surface area contributed by atoms with Crippen LogP contribution in [0, 0.1) is 0 Å². The quantitative estimate of drug-likeness (QED) is 0.527. The Morgan fingerprint density at radius 2 is 1.82 bits per heavy atom. The lowest BCUT2D eigenvalue weighted by atomic mass is 10.2. The number of benzene rings is 2. The van der Waals surface area contributed by atoms with Crippen molar-refractivity contribution in [3.8, 4) is 10.6 Å². The van der Waals surface area contributed by atoms with Crippen LogP contribution in [-0.4, -0.2) is 35.4 Å². The molecule has 0 radical (unpaired) electrons. The van der Waals surface area contributed by atoms with Crippen LogP contribution in [-0.2, 0) is 16.1 Å². The van der Waals surface area contributed by atoms with Gasteiger partial charge in [0.05, 0.1) is 24.8 Å². The number of halogens is 1. The Morgan fingerprint density at radius 3 is 2.54 bits per heavy atom. The molecule has 0 saturated carbocycles. The highest BCUT2D eigenvalue weighted by Gasteiger charge is 2.21. The van der Waals surface area contributed by atoms with Gasteiger partial charge in [0.15, 0.2) is 0 Å². The number of nitrogens with zero attached hydrogens (tertiary/aromatic N) is 2. The minimum absolute atomic E-state index is 0.130. The largest absolute Gasteiger partial charge is 0.469 e. The Labute approximate surface area is 172 Å². The second kappa shape index (κ2) is 9.48. The Morgan fingerprint density at radius 1 is 1.11 bits per heavy atom. The van der Waals surface area contributed by atoms with E-state index in [1.807, 2.05) is 48.5 Å². The summed E-state index contributed by atoms with van der Waals surface area (Å²) >= 11 is 7.52. The van der Waals surface area contributed by atoms with Gasteiger partial charge in [0.2, 0.25) is 0 Å². The molecule has 0 aliphatic heterocycles. The number of amides is 1. The third kappa shape index (κ3) is 4.97. The van der Waals surface area contributed by atoms with Gasteiger partial charge in [0, 0.05) is 18.7 Å². The maximum atomic E-state index is 13.1. The van der Waals surface area contributed by atoms with E-state index in [4.69, 9.17) is 16.3 Å². The molecule has 0 fully saturated rings. The Kier molecular flexibility index (Phi) is 6.79. The fourth-order valence-electron chi connectivity index (χ4n) is 2.67. The van der Waals surface area contributed by atoms with Gasteiger partial charge in [-0.15, -0.1) is 11.3 Å². The summed E-state index contributed by atoms with van der Waals surface area (Å²) in [6.07, 6.45) is 1.69. The first-order valence-electron chi connectivity index (χ1n) is 8.69. The summed E-state index contributed by atoms with van der Waals surface area (Å²) in [4.78, 5) is 31.2. The fourth-order valence-corrected chi connectivity index (χ4v) is 3.88. The van der Waals surface area contributed by atoms with Crippen molar-refractivity contribution in [3.63, 3.8) is 0 Å². The normalized spacial score (nSPS) is 10.5. The summed E-state index contributed by atoms with van der Waals surface area (Å²) in [5, 5.41) is 1.27. The smallest absolute Gasteiger partial charge is 0.307 e. The molecule has 0 bridgehead atoms. The maximum absolute atomic E-state index is 13.1. The highest BCUT2D eigenvalue weighted by molar-refractivity contribution is 7.17. The van der Waals surface area contributed by atoms with E-state index in [1.165, 1.54) is 18.4 Å². The van der Waals surface area contributed by atoms with Crippen LogP contribution in [0.2, 0.25) is 5.02 Å². The lowest BCUT2D eigenvalue weighted by Gasteiger charge is -2.21. The van der Waals surface area contributed by atoms with Crippen molar-refractivity contribution < 1.29 is 14.3 Å². The second-order valence-corrected chi connectivity index (χ2v) is 7.49. The van der Waals surface area contributed by atoms with E-state index in [0.717, 1.165) is 11.1 Å². The SMILES string of the molecule is COC(=O)CCN(Cc1ccccc1)C(=O)c1cnc(-c2ccccc2Cl)s1. The molecule has 144 valence electrons. The number of methoxy groups -OCH3 is 1. The first kappa shape index (κ1) is 20.0. The molecule has 1 aromatic heterocycles. The lowest BCUT2D eigenvalue weighted by Crippen LogP contribution is -2.32. The first-order valence-corrected chi connectivity index (χ1v) is 9.88. The van der Waals surface area contributed by atoms with E-state index < -0.39 is 0 Å². The zero-order valence-corrected chi connectivity index (χ0v) is 16.9. The average Bonchev–Trinajstić information content (AvgIpc) is 3.21. The number of hydrogen-bond donors (Lipinski definition) is 0. The Bertz CT molecular complexity index is 959.